The Morgan fingerprint density at radius 3 is 2.57 bits per heavy atom. The third kappa shape index (κ3) is 2.79. The van der Waals surface area contributed by atoms with Gasteiger partial charge in [-0.3, -0.25) is 25.7 Å². The van der Waals surface area contributed by atoms with Gasteiger partial charge in [0.1, 0.15) is 5.69 Å². The second-order valence-electron chi connectivity index (χ2n) is 5.99. The van der Waals surface area contributed by atoms with E-state index in [1.54, 1.807) is 6.21 Å². The minimum atomic E-state index is -0.663. The number of nitrogens with one attached hydrogen (secondary N) is 1. The fourth-order valence-electron chi connectivity index (χ4n) is 3.43. The van der Waals surface area contributed by atoms with Crippen molar-refractivity contribution in [2.24, 2.45) is 28.8 Å². The highest BCUT2D eigenvalue weighted by Gasteiger charge is 2.40. The maximum Gasteiger partial charge on any atom is 0.301 e. The van der Waals surface area contributed by atoms with E-state index < -0.39 is 9.85 Å². The van der Waals surface area contributed by atoms with Gasteiger partial charge in [0.2, 0.25) is 0 Å². The quantitative estimate of drug-likeness (QED) is 0.387. The Hall–Kier alpha value is -2.77. The molecule has 0 aliphatic heterocycles. The van der Waals surface area contributed by atoms with E-state index in [0.29, 0.717) is 23.7 Å². The number of rotatable bonds is 5. The maximum atomic E-state index is 11.1. The van der Waals surface area contributed by atoms with Crippen LogP contribution in [0.25, 0.3) is 0 Å². The van der Waals surface area contributed by atoms with Crippen molar-refractivity contribution >= 4 is 23.3 Å². The number of hydrogen-bond acceptors (Lipinski definition) is 6. The summed E-state index contributed by atoms with van der Waals surface area (Å²) in [5.41, 5.74) is 2.11. The molecule has 23 heavy (non-hydrogen) atoms. The number of fused-ring (bicyclic) bond motifs is 2. The zero-order valence-electron chi connectivity index (χ0n) is 12.5. The molecule has 0 amide bonds. The number of nitrogens with zero attached hydrogens (tertiary/aromatic N) is 3. The normalized spacial score (nSPS) is 28.4. The van der Waals surface area contributed by atoms with Gasteiger partial charge in [0.25, 0.3) is 5.69 Å². The van der Waals surface area contributed by atoms with Crippen LogP contribution in [0.1, 0.15) is 13.3 Å². The SMILES string of the molecule is C[C@H]1[C@@H](/C=N\Nc2ccc([N+](=O)[O-])cc2[N+](=O)[O-])[C@H]2C=C[C@@H]1C2. The van der Waals surface area contributed by atoms with Crippen molar-refractivity contribution in [3.8, 4) is 0 Å². The Balaban J connectivity index is 1.75. The molecule has 0 radical (unpaired) electrons. The van der Waals surface area contributed by atoms with E-state index >= 15 is 0 Å². The Bertz CT molecular complexity index is 715. The lowest BCUT2D eigenvalue weighted by atomic mass is 9.85. The van der Waals surface area contributed by atoms with Crippen LogP contribution >= 0.6 is 0 Å². The van der Waals surface area contributed by atoms with Crippen molar-refractivity contribution in [1.82, 2.24) is 0 Å². The van der Waals surface area contributed by atoms with Gasteiger partial charge in [-0.2, -0.15) is 5.10 Å². The summed E-state index contributed by atoms with van der Waals surface area (Å²) in [5.74, 6) is 1.88. The summed E-state index contributed by atoms with van der Waals surface area (Å²) >= 11 is 0. The fourth-order valence-corrected chi connectivity index (χ4v) is 3.43. The van der Waals surface area contributed by atoms with E-state index in [2.05, 4.69) is 29.6 Å². The average Bonchev–Trinajstić information content (AvgIpc) is 3.10. The molecule has 0 aromatic heterocycles. The molecule has 1 aromatic carbocycles. The number of hydrazone groups is 1. The first-order valence-electron chi connectivity index (χ1n) is 7.37. The van der Waals surface area contributed by atoms with Gasteiger partial charge in [-0.1, -0.05) is 19.1 Å². The molecular weight excluding hydrogens is 300 g/mol. The van der Waals surface area contributed by atoms with E-state index in [9.17, 15) is 20.2 Å². The highest BCUT2D eigenvalue weighted by Crippen LogP contribution is 2.46. The second-order valence-corrected chi connectivity index (χ2v) is 5.99. The predicted octanol–water partition coefficient (Wildman–Crippen LogP) is 3.36. The molecule has 120 valence electrons. The van der Waals surface area contributed by atoms with Crippen LogP contribution < -0.4 is 5.43 Å². The summed E-state index contributed by atoms with van der Waals surface area (Å²) in [4.78, 5) is 20.4. The third-order valence-corrected chi connectivity index (χ3v) is 4.75. The molecule has 0 spiro atoms. The van der Waals surface area contributed by atoms with Gasteiger partial charge in [-0.25, -0.2) is 0 Å². The highest BCUT2D eigenvalue weighted by molar-refractivity contribution is 5.69. The van der Waals surface area contributed by atoms with Crippen LogP contribution in [0.15, 0.2) is 35.5 Å². The summed E-state index contributed by atoms with van der Waals surface area (Å²) in [6.07, 6.45) is 7.38. The van der Waals surface area contributed by atoms with Crippen molar-refractivity contribution in [2.45, 2.75) is 13.3 Å². The van der Waals surface area contributed by atoms with Crippen LogP contribution in [0.4, 0.5) is 17.1 Å². The fraction of sp³-hybridized carbons (Fsp3) is 0.400. The van der Waals surface area contributed by atoms with E-state index in [4.69, 9.17) is 0 Å². The monoisotopic (exact) mass is 316 g/mol. The smallest absolute Gasteiger partial charge is 0.272 e. The zero-order chi connectivity index (χ0) is 16.6. The Morgan fingerprint density at radius 1 is 1.22 bits per heavy atom. The Labute approximate surface area is 132 Å². The van der Waals surface area contributed by atoms with Crippen LogP contribution in [0.2, 0.25) is 0 Å². The Kier molecular flexibility index (Phi) is 3.81. The summed E-state index contributed by atoms with van der Waals surface area (Å²) in [6.45, 7) is 2.18. The maximum absolute atomic E-state index is 11.1. The van der Waals surface area contributed by atoms with Crippen LogP contribution in [0.3, 0.4) is 0 Å². The summed E-state index contributed by atoms with van der Waals surface area (Å²) in [6, 6.07) is 3.45. The topological polar surface area (TPSA) is 111 Å². The summed E-state index contributed by atoms with van der Waals surface area (Å²) in [7, 11) is 0. The first kappa shape index (κ1) is 15.1. The first-order valence-corrected chi connectivity index (χ1v) is 7.37. The Morgan fingerprint density at radius 2 is 1.96 bits per heavy atom. The first-order chi connectivity index (χ1) is 11.0. The van der Waals surface area contributed by atoms with Gasteiger partial charge >= 0.3 is 5.69 Å². The van der Waals surface area contributed by atoms with Crippen molar-refractivity contribution < 1.29 is 9.85 Å². The number of non-ortho nitro benzene ring substituents is 1. The van der Waals surface area contributed by atoms with Crippen LogP contribution in [0, 0.1) is 43.9 Å². The molecule has 2 aliphatic carbocycles. The molecule has 4 atom stereocenters. The van der Waals surface area contributed by atoms with Crippen molar-refractivity contribution in [1.29, 1.82) is 0 Å². The zero-order valence-corrected chi connectivity index (χ0v) is 12.5. The summed E-state index contributed by atoms with van der Waals surface area (Å²) < 4.78 is 0. The largest absolute Gasteiger partial charge is 0.301 e. The van der Waals surface area contributed by atoms with Crippen molar-refractivity contribution in [2.75, 3.05) is 5.43 Å². The minimum absolute atomic E-state index is 0.142. The number of anilines is 1. The second kappa shape index (κ2) is 5.79. The van der Waals surface area contributed by atoms with Gasteiger partial charge in [0.15, 0.2) is 0 Å². The van der Waals surface area contributed by atoms with Gasteiger partial charge in [0.05, 0.1) is 15.9 Å². The lowest BCUT2D eigenvalue weighted by Gasteiger charge is -2.20. The van der Waals surface area contributed by atoms with E-state index in [0.717, 1.165) is 12.5 Å². The van der Waals surface area contributed by atoms with Crippen molar-refractivity contribution in [3.05, 3.63) is 50.6 Å². The average molecular weight is 316 g/mol. The molecular formula is C15H16N4O4. The van der Waals surface area contributed by atoms with E-state index in [1.165, 1.54) is 12.1 Å². The number of hydrogen-bond donors (Lipinski definition) is 1. The van der Waals surface area contributed by atoms with Gasteiger partial charge in [0, 0.05) is 18.2 Å². The number of benzene rings is 1. The molecule has 1 N–H and O–H groups in total. The number of allylic oxidation sites excluding steroid dienone is 2. The molecule has 3 rings (SSSR count). The molecule has 1 fully saturated rings. The lowest BCUT2D eigenvalue weighted by molar-refractivity contribution is -0.393. The minimum Gasteiger partial charge on any atom is -0.272 e. The van der Waals surface area contributed by atoms with Crippen LogP contribution in [-0.4, -0.2) is 16.1 Å². The molecule has 0 heterocycles. The van der Waals surface area contributed by atoms with E-state index in [-0.39, 0.29) is 17.1 Å². The molecule has 1 aromatic rings. The molecule has 0 saturated heterocycles. The molecule has 0 unspecified atom stereocenters. The highest BCUT2D eigenvalue weighted by atomic mass is 16.6. The molecule has 2 aliphatic rings. The van der Waals surface area contributed by atoms with Gasteiger partial charge in [-0.15, -0.1) is 0 Å². The molecule has 8 nitrogen and oxygen atoms in total. The predicted molar refractivity (Wildman–Crippen MR) is 85.3 cm³/mol. The number of nitro benzene ring substituents is 2. The third-order valence-electron chi connectivity index (χ3n) is 4.75. The molecule has 8 heteroatoms. The molecule has 1 saturated carbocycles. The standard InChI is InChI=1S/C15H16N4O4/c1-9-10-2-3-11(6-10)13(9)8-16-17-14-5-4-12(18(20)21)7-15(14)19(22)23/h2-5,7-11,13,17H,6H2,1H3/b16-8-/t9-,10-,11+,13-/m1/s1. The van der Waals surface area contributed by atoms with Gasteiger partial charge < -0.3 is 0 Å². The van der Waals surface area contributed by atoms with Gasteiger partial charge in [-0.05, 0) is 30.2 Å². The van der Waals surface area contributed by atoms with Crippen LogP contribution in [0.5, 0.6) is 0 Å². The number of nitro groups is 2. The van der Waals surface area contributed by atoms with Crippen LogP contribution in [-0.2, 0) is 0 Å². The lowest BCUT2D eigenvalue weighted by Crippen LogP contribution is -2.18. The molecule has 2 bridgehead atoms. The summed E-state index contributed by atoms with van der Waals surface area (Å²) in [5, 5.41) is 25.9. The van der Waals surface area contributed by atoms with Crippen molar-refractivity contribution in [3.63, 3.8) is 0 Å². The van der Waals surface area contributed by atoms with E-state index in [1.807, 2.05) is 0 Å².